The van der Waals surface area contributed by atoms with E-state index in [-0.39, 0.29) is 11.9 Å². The Balaban J connectivity index is 2.23. The lowest BCUT2D eigenvalue weighted by Crippen LogP contribution is -2.29. The van der Waals surface area contributed by atoms with Crippen molar-refractivity contribution in [3.8, 4) is 0 Å². The van der Waals surface area contributed by atoms with Crippen molar-refractivity contribution in [1.29, 1.82) is 0 Å². The molecule has 17 heavy (non-hydrogen) atoms. The minimum atomic E-state index is -0.210. The molecular weight excluding hydrogens is 235 g/mol. The molecule has 1 aromatic carbocycles. The molecule has 0 bridgehead atoms. The quantitative estimate of drug-likeness (QED) is 0.647. The number of thiophene rings is 1. The normalized spacial score (nSPS) is 12.6. The van der Waals surface area contributed by atoms with Crippen LogP contribution in [0.15, 0.2) is 35.7 Å². The number of halogens is 1. The van der Waals surface area contributed by atoms with E-state index in [1.54, 1.807) is 17.4 Å². The van der Waals surface area contributed by atoms with Crippen LogP contribution in [-0.2, 0) is 6.42 Å². The molecule has 0 amide bonds. The van der Waals surface area contributed by atoms with Gasteiger partial charge in [-0.1, -0.05) is 12.1 Å². The molecule has 0 aliphatic rings. The smallest absolute Gasteiger partial charge is 0.123 e. The maximum Gasteiger partial charge on any atom is 0.123 e. The van der Waals surface area contributed by atoms with Crippen LogP contribution in [0.1, 0.15) is 22.0 Å². The number of hydrogen-bond donors (Lipinski definition) is 2. The Morgan fingerprint density at radius 3 is 2.82 bits per heavy atom. The maximum atomic E-state index is 13.0. The highest BCUT2D eigenvalue weighted by Crippen LogP contribution is 2.23. The van der Waals surface area contributed by atoms with E-state index in [0.29, 0.717) is 0 Å². The molecule has 4 heteroatoms. The Kier molecular flexibility index (Phi) is 3.89. The summed E-state index contributed by atoms with van der Waals surface area (Å²) in [6.07, 6.45) is 0.820. The van der Waals surface area contributed by atoms with E-state index in [4.69, 9.17) is 5.84 Å². The van der Waals surface area contributed by atoms with Gasteiger partial charge in [-0.25, -0.2) is 4.39 Å². The van der Waals surface area contributed by atoms with Crippen molar-refractivity contribution in [2.75, 3.05) is 0 Å². The van der Waals surface area contributed by atoms with E-state index >= 15 is 0 Å². The SMILES string of the molecule is Cc1cc(F)ccc1C(Cc1cccs1)NN. The first-order valence-corrected chi connectivity index (χ1v) is 6.33. The number of aryl methyl sites for hydroxylation is 1. The van der Waals surface area contributed by atoms with Gasteiger partial charge in [0, 0.05) is 11.3 Å². The predicted molar refractivity (Wildman–Crippen MR) is 69.2 cm³/mol. The zero-order valence-electron chi connectivity index (χ0n) is 9.61. The highest BCUT2D eigenvalue weighted by atomic mass is 32.1. The molecular formula is C13H15FN2S. The number of benzene rings is 1. The number of nitrogens with two attached hydrogens (primary N) is 1. The summed E-state index contributed by atoms with van der Waals surface area (Å²) in [4.78, 5) is 1.26. The minimum absolute atomic E-state index is 0.0225. The van der Waals surface area contributed by atoms with Gasteiger partial charge in [-0.3, -0.25) is 11.3 Å². The van der Waals surface area contributed by atoms with Gasteiger partial charge in [0.25, 0.3) is 0 Å². The van der Waals surface area contributed by atoms with Crippen LogP contribution in [0.25, 0.3) is 0 Å². The summed E-state index contributed by atoms with van der Waals surface area (Å²) in [7, 11) is 0. The van der Waals surface area contributed by atoms with Crippen molar-refractivity contribution in [1.82, 2.24) is 5.43 Å². The average molecular weight is 250 g/mol. The first kappa shape index (κ1) is 12.2. The van der Waals surface area contributed by atoms with E-state index in [1.807, 2.05) is 18.4 Å². The van der Waals surface area contributed by atoms with Crippen molar-refractivity contribution >= 4 is 11.3 Å². The van der Waals surface area contributed by atoms with Gasteiger partial charge in [0.1, 0.15) is 5.82 Å². The van der Waals surface area contributed by atoms with Gasteiger partial charge >= 0.3 is 0 Å². The molecule has 1 aromatic heterocycles. The number of hydrogen-bond acceptors (Lipinski definition) is 3. The van der Waals surface area contributed by atoms with Crippen LogP contribution in [0.3, 0.4) is 0 Å². The number of hydrazine groups is 1. The van der Waals surface area contributed by atoms with Crippen LogP contribution in [0.2, 0.25) is 0 Å². The van der Waals surface area contributed by atoms with Gasteiger partial charge in [0.05, 0.1) is 6.04 Å². The summed E-state index contributed by atoms with van der Waals surface area (Å²) in [6, 6.07) is 8.92. The molecule has 90 valence electrons. The zero-order valence-corrected chi connectivity index (χ0v) is 10.4. The Morgan fingerprint density at radius 1 is 1.41 bits per heavy atom. The number of rotatable bonds is 4. The molecule has 2 aromatic rings. The molecule has 0 aliphatic heterocycles. The second-order valence-electron chi connectivity index (χ2n) is 4.00. The first-order chi connectivity index (χ1) is 8.20. The molecule has 1 unspecified atom stereocenters. The standard InChI is InChI=1S/C13H15FN2S/c1-9-7-10(14)4-5-12(9)13(16-15)8-11-3-2-6-17-11/h2-7,13,16H,8,15H2,1H3. The van der Waals surface area contributed by atoms with Gasteiger partial charge in [-0.15, -0.1) is 11.3 Å². The molecule has 3 N–H and O–H groups in total. The topological polar surface area (TPSA) is 38.0 Å². The Bertz CT molecular complexity index is 482. The number of nitrogens with one attached hydrogen (secondary N) is 1. The fraction of sp³-hybridized carbons (Fsp3) is 0.231. The lowest BCUT2D eigenvalue weighted by molar-refractivity contribution is 0.549. The van der Waals surface area contributed by atoms with E-state index < -0.39 is 0 Å². The largest absolute Gasteiger partial charge is 0.271 e. The van der Waals surface area contributed by atoms with E-state index in [1.165, 1.54) is 17.0 Å². The average Bonchev–Trinajstić information content (AvgIpc) is 2.79. The highest BCUT2D eigenvalue weighted by molar-refractivity contribution is 7.09. The fourth-order valence-corrected chi connectivity index (χ4v) is 2.67. The summed E-state index contributed by atoms with van der Waals surface area (Å²) in [5.74, 6) is 5.38. The van der Waals surface area contributed by atoms with Crippen LogP contribution in [0, 0.1) is 12.7 Å². The van der Waals surface area contributed by atoms with Crippen LogP contribution in [0.4, 0.5) is 4.39 Å². The van der Waals surface area contributed by atoms with Crippen LogP contribution in [-0.4, -0.2) is 0 Å². The monoisotopic (exact) mass is 250 g/mol. The second-order valence-corrected chi connectivity index (χ2v) is 5.04. The van der Waals surface area contributed by atoms with Crippen LogP contribution in [0.5, 0.6) is 0 Å². The summed E-state index contributed by atoms with van der Waals surface area (Å²) in [5, 5.41) is 2.04. The lowest BCUT2D eigenvalue weighted by Gasteiger charge is -2.17. The van der Waals surface area contributed by atoms with Gasteiger partial charge in [-0.05, 0) is 41.6 Å². The van der Waals surface area contributed by atoms with Gasteiger partial charge in [-0.2, -0.15) is 0 Å². The summed E-state index contributed by atoms with van der Waals surface area (Å²) in [6.45, 7) is 1.90. The third-order valence-corrected chi connectivity index (χ3v) is 3.69. The molecule has 0 aliphatic carbocycles. The van der Waals surface area contributed by atoms with Crippen molar-refractivity contribution in [2.24, 2.45) is 5.84 Å². The van der Waals surface area contributed by atoms with Crippen LogP contribution < -0.4 is 11.3 Å². The molecule has 0 saturated heterocycles. The second kappa shape index (κ2) is 5.40. The van der Waals surface area contributed by atoms with Gasteiger partial charge in [0.15, 0.2) is 0 Å². The Labute approximate surface area is 104 Å². The molecule has 2 rings (SSSR count). The Hall–Kier alpha value is -1.23. The zero-order chi connectivity index (χ0) is 12.3. The predicted octanol–water partition coefficient (Wildman–Crippen LogP) is 2.94. The van der Waals surface area contributed by atoms with Crippen molar-refractivity contribution in [3.63, 3.8) is 0 Å². The first-order valence-electron chi connectivity index (χ1n) is 5.45. The molecule has 1 atom stereocenters. The molecule has 0 radical (unpaired) electrons. The van der Waals surface area contributed by atoms with E-state index in [2.05, 4.69) is 11.5 Å². The third kappa shape index (κ3) is 2.91. The molecule has 2 nitrogen and oxygen atoms in total. The van der Waals surface area contributed by atoms with Crippen molar-refractivity contribution in [2.45, 2.75) is 19.4 Å². The molecule has 0 spiro atoms. The maximum absolute atomic E-state index is 13.0. The van der Waals surface area contributed by atoms with Crippen molar-refractivity contribution < 1.29 is 4.39 Å². The van der Waals surface area contributed by atoms with E-state index in [9.17, 15) is 4.39 Å². The van der Waals surface area contributed by atoms with E-state index in [0.717, 1.165) is 17.5 Å². The lowest BCUT2D eigenvalue weighted by atomic mass is 9.98. The van der Waals surface area contributed by atoms with Crippen LogP contribution >= 0.6 is 11.3 Å². The minimum Gasteiger partial charge on any atom is -0.271 e. The van der Waals surface area contributed by atoms with Gasteiger partial charge < -0.3 is 0 Å². The van der Waals surface area contributed by atoms with Gasteiger partial charge in [0.2, 0.25) is 0 Å². The summed E-state index contributed by atoms with van der Waals surface area (Å²) < 4.78 is 13.0. The molecule has 1 heterocycles. The molecule has 0 fully saturated rings. The third-order valence-electron chi connectivity index (χ3n) is 2.79. The highest BCUT2D eigenvalue weighted by Gasteiger charge is 2.13. The Morgan fingerprint density at radius 2 is 2.24 bits per heavy atom. The summed E-state index contributed by atoms with van der Waals surface area (Å²) >= 11 is 1.70. The summed E-state index contributed by atoms with van der Waals surface area (Å²) in [5.41, 5.74) is 4.77. The fourth-order valence-electron chi connectivity index (χ4n) is 1.92. The molecule has 0 saturated carbocycles. The van der Waals surface area contributed by atoms with Crippen molar-refractivity contribution in [3.05, 3.63) is 57.5 Å².